The molecule has 1 aromatic carbocycles. The van der Waals surface area contributed by atoms with E-state index in [1.807, 2.05) is 13.8 Å². The van der Waals surface area contributed by atoms with E-state index in [0.717, 1.165) is 11.3 Å². The van der Waals surface area contributed by atoms with E-state index in [2.05, 4.69) is 0 Å². The van der Waals surface area contributed by atoms with Crippen molar-refractivity contribution in [3.05, 3.63) is 23.3 Å². The molecule has 5 nitrogen and oxygen atoms in total. The molecule has 0 fully saturated rings. The van der Waals surface area contributed by atoms with Gasteiger partial charge < -0.3 is 15.4 Å². The zero-order valence-corrected chi connectivity index (χ0v) is 11.6. The van der Waals surface area contributed by atoms with Crippen LogP contribution in [0.15, 0.2) is 12.1 Å². The Labute approximate surface area is 112 Å². The van der Waals surface area contributed by atoms with Crippen LogP contribution in [0.25, 0.3) is 0 Å². The number of carbonyl (C=O) groups excluding carboxylic acids is 2. The van der Waals surface area contributed by atoms with Crippen LogP contribution in [0.2, 0.25) is 0 Å². The maximum absolute atomic E-state index is 12.3. The summed E-state index contributed by atoms with van der Waals surface area (Å²) in [6, 6.07) is 3.35. The second kappa shape index (κ2) is 4.26. The minimum atomic E-state index is -0.611. The smallest absolute Gasteiger partial charge is 0.339 e. The number of esters is 1. The summed E-state index contributed by atoms with van der Waals surface area (Å²) < 4.78 is 4.71. The highest BCUT2D eigenvalue weighted by Gasteiger charge is 2.45. The Morgan fingerprint density at radius 3 is 2.63 bits per heavy atom. The molecule has 2 N–H and O–H groups in total. The first-order valence-corrected chi connectivity index (χ1v) is 6.17. The maximum Gasteiger partial charge on any atom is 0.339 e. The maximum atomic E-state index is 12.3. The minimum Gasteiger partial charge on any atom is -0.465 e. The van der Waals surface area contributed by atoms with Gasteiger partial charge >= 0.3 is 5.97 Å². The molecule has 1 unspecified atom stereocenters. The van der Waals surface area contributed by atoms with Gasteiger partial charge in [0.05, 0.1) is 18.1 Å². The number of amides is 1. The highest BCUT2D eigenvalue weighted by Crippen LogP contribution is 2.44. The van der Waals surface area contributed by atoms with E-state index in [9.17, 15) is 9.59 Å². The van der Waals surface area contributed by atoms with E-state index in [0.29, 0.717) is 17.7 Å². The average molecular weight is 262 g/mol. The first-order valence-electron chi connectivity index (χ1n) is 6.17. The topological polar surface area (TPSA) is 72.6 Å². The number of anilines is 2. The van der Waals surface area contributed by atoms with Crippen molar-refractivity contribution in [2.45, 2.75) is 25.7 Å². The van der Waals surface area contributed by atoms with Gasteiger partial charge in [0.2, 0.25) is 5.91 Å². The molecule has 102 valence electrons. The number of carbonyl (C=O) groups is 2. The van der Waals surface area contributed by atoms with Gasteiger partial charge in [0.1, 0.15) is 0 Å². The minimum absolute atomic E-state index is 0.0198. The van der Waals surface area contributed by atoms with E-state index in [1.54, 1.807) is 24.1 Å². The van der Waals surface area contributed by atoms with Crippen molar-refractivity contribution in [3.63, 3.8) is 0 Å². The average Bonchev–Trinajstić information content (AvgIpc) is 2.60. The predicted molar refractivity (Wildman–Crippen MR) is 73.2 cm³/mol. The number of nitrogen functional groups attached to an aromatic ring is 1. The summed E-state index contributed by atoms with van der Waals surface area (Å²) in [7, 11) is 3.03. The molecule has 0 saturated carbocycles. The number of fused-ring (bicyclic) bond motifs is 1. The third-order valence-electron chi connectivity index (χ3n) is 4.01. The molecule has 1 aliphatic rings. The van der Waals surface area contributed by atoms with Gasteiger partial charge in [0.25, 0.3) is 0 Å². The quantitative estimate of drug-likeness (QED) is 0.650. The SMILES string of the molecule is CCC1(C)C(=O)N(C)c2cc(N)c(C(=O)OC)cc21. The molecule has 19 heavy (non-hydrogen) atoms. The molecule has 0 saturated heterocycles. The second-order valence-corrected chi connectivity index (χ2v) is 5.00. The summed E-state index contributed by atoms with van der Waals surface area (Å²) in [6.07, 6.45) is 0.660. The normalized spacial score (nSPS) is 21.5. The van der Waals surface area contributed by atoms with Gasteiger partial charge in [-0.05, 0) is 31.0 Å². The van der Waals surface area contributed by atoms with Crippen LogP contribution in [0.1, 0.15) is 36.2 Å². The van der Waals surface area contributed by atoms with Crippen LogP contribution in [0.5, 0.6) is 0 Å². The van der Waals surface area contributed by atoms with Gasteiger partial charge in [-0.3, -0.25) is 4.79 Å². The number of methoxy groups -OCH3 is 1. The van der Waals surface area contributed by atoms with Crippen molar-refractivity contribution in [1.82, 2.24) is 0 Å². The molecule has 1 heterocycles. The lowest BCUT2D eigenvalue weighted by Crippen LogP contribution is -2.35. The molecule has 2 rings (SSSR count). The first kappa shape index (κ1) is 13.4. The summed E-state index contributed by atoms with van der Waals surface area (Å²) in [5, 5.41) is 0. The monoisotopic (exact) mass is 262 g/mol. The number of ether oxygens (including phenoxy) is 1. The molecule has 0 radical (unpaired) electrons. The lowest BCUT2D eigenvalue weighted by molar-refractivity contribution is -0.122. The van der Waals surface area contributed by atoms with Gasteiger partial charge in [-0.1, -0.05) is 6.92 Å². The molecule has 1 aromatic rings. The van der Waals surface area contributed by atoms with Crippen molar-refractivity contribution in [2.24, 2.45) is 0 Å². The van der Waals surface area contributed by atoms with Crippen LogP contribution >= 0.6 is 0 Å². The van der Waals surface area contributed by atoms with Gasteiger partial charge in [-0.25, -0.2) is 4.79 Å². The van der Waals surface area contributed by atoms with Crippen molar-refractivity contribution >= 4 is 23.3 Å². The Morgan fingerprint density at radius 1 is 1.47 bits per heavy atom. The number of benzene rings is 1. The molecular weight excluding hydrogens is 244 g/mol. The largest absolute Gasteiger partial charge is 0.465 e. The third kappa shape index (κ3) is 1.69. The van der Waals surface area contributed by atoms with Crippen LogP contribution < -0.4 is 10.6 Å². The van der Waals surface area contributed by atoms with Crippen LogP contribution in [0, 0.1) is 0 Å². The molecule has 1 atom stereocenters. The van der Waals surface area contributed by atoms with Crippen LogP contribution in [-0.2, 0) is 14.9 Å². The molecule has 1 amide bonds. The van der Waals surface area contributed by atoms with E-state index in [-0.39, 0.29) is 5.91 Å². The fourth-order valence-electron chi connectivity index (χ4n) is 2.55. The van der Waals surface area contributed by atoms with Gasteiger partial charge in [-0.2, -0.15) is 0 Å². The number of rotatable bonds is 2. The lowest BCUT2D eigenvalue weighted by Gasteiger charge is -2.21. The van der Waals surface area contributed by atoms with Gasteiger partial charge in [-0.15, -0.1) is 0 Å². The van der Waals surface area contributed by atoms with Gasteiger partial charge in [0, 0.05) is 18.4 Å². The zero-order valence-electron chi connectivity index (χ0n) is 11.6. The van der Waals surface area contributed by atoms with Crippen molar-refractivity contribution in [2.75, 3.05) is 24.8 Å². The lowest BCUT2D eigenvalue weighted by atomic mass is 9.80. The number of nitrogens with zero attached hydrogens (tertiary/aromatic N) is 1. The van der Waals surface area contributed by atoms with E-state index in [1.165, 1.54) is 7.11 Å². The number of nitrogens with two attached hydrogens (primary N) is 1. The number of likely N-dealkylation sites (N-methyl/N-ethyl adjacent to an activating group) is 1. The fraction of sp³-hybridized carbons (Fsp3) is 0.429. The zero-order chi connectivity index (χ0) is 14.4. The molecule has 0 aromatic heterocycles. The molecule has 0 bridgehead atoms. The fourth-order valence-corrected chi connectivity index (χ4v) is 2.55. The summed E-state index contributed by atoms with van der Waals surface area (Å²) in [4.78, 5) is 25.6. The Hall–Kier alpha value is -2.04. The Morgan fingerprint density at radius 2 is 2.11 bits per heavy atom. The summed E-state index contributed by atoms with van der Waals surface area (Å²) in [5.74, 6) is -0.466. The summed E-state index contributed by atoms with van der Waals surface area (Å²) in [5.41, 5.74) is 7.49. The summed E-state index contributed by atoms with van der Waals surface area (Å²) >= 11 is 0. The van der Waals surface area contributed by atoms with E-state index < -0.39 is 11.4 Å². The van der Waals surface area contributed by atoms with Crippen LogP contribution in [-0.4, -0.2) is 26.0 Å². The Kier molecular flexibility index (Phi) is 3.00. The predicted octanol–water partition coefficient (Wildman–Crippen LogP) is 1.70. The highest BCUT2D eigenvalue weighted by atomic mass is 16.5. The standard InChI is InChI=1S/C14H18N2O3/c1-5-14(2)9-6-8(12(17)19-4)10(15)7-11(9)16(3)13(14)18/h6-7H,5,15H2,1-4H3. The molecule has 5 heteroatoms. The second-order valence-electron chi connectivity index (χ2n) is 5.00. The number of hydrogen-bond acceptors (Lipinski definition) is 4. The molecular formula is C14H18N2O3. The van der Waals surface area contributed by atoms with Crippen LogP contribution in [0.4, 0.5) is 11.4 Å². The molecule has 0 aliphatic carbocycles. The van der Waals surface area contributed by atoms with E-state index in [4.69, 9.17) is 10.5 Å². The van der Waals surface area contributed by atoms with Crippen molar-refractivity contribution in [3.8, 4) is 0 Å². The first-order chi connectivity index (χ1) is 8.86. The van der Waals surface area contributed by atoms with Crippen LogP contribution in [0.3, 0.4) is 0 Å². The van der Waals surface area contributed by atoms with Crippen molar-refractivity contribution in [1.29, 1.82) is 0 Å². The highest BCUT2D eigenvalue weighted by molar-refractivity contribution is 6.09. The van der Waals surface area contributed by atoms with E-state index >= 15 is 0 Å². The van der Waals surface area contributed by atoms with Gasteiger partial charge in [0.15, 0.2) is 0 Å². The Bertz CT molecular complexity index is 568. The number of hydrogen-bond donors (Lipinski definition) is 1. The Balaban J connectivity index is 2.68. The summed E-state index contributed by atoms with van der Waals surface area (Å²) in [6.45, 7) is 3.84. The molecule has 1 aliphatic heterocycles. The molecule has 0 spiro atoms. The third-order valence-corrected chi connectivity index (χ3v) is 4.01. The van der Waals surface area contributed by atoms with Crippen molar-refractivity contribution < 1.29 is 14.3 Å².